The summed E-state index contributed by atoms with van der Waals surface area (Å²) in [6.07, 6.45) is 5.92. The Hall–Kier alpha value is -1.31. The van der Waals surface area contributed by atoms with Crippen molar-refractivity contribution >= 4 is 5.97 Å². The first-order valence-electron chi connectivity index (χ1n) is 7.44. The van der Waals surface area contributed by atoms with Crippen LogP contribution < -0.4 is 0 Å². The van der Waals surface area contributed by atoms with Crippen LogP contribution in [-0.2, 0) is 9.53 Å². The van der Waals surface area contributed by atoms with E-state index in [4.69, 9.17) is 4.74 Å². The average Bonchev–Trinajstić information content (AvgIpc) is 2.34. The zero-order valence-corrected chi connectivity index (χ0v) is 14.2. The second-order valence-corrected chi connectivity index (χ2v) is 5.75. The number of hydrogen-bond donors (Lipinski definition) is 0. The summed E-state index contributed by atoms with van der Waals surface area (Å²) in [6.45, 7) is 15.1. The molecule has 0 aliphatic heterocycles. The van der Waals surface area contributed by atoms with Crippen LogP contribution in [0.15, 0.2) is 34.4 Å². The molecule has 114 valence electrons. The van der Waals surface area contributed by atoms with Crippen molar-refractivity contribution in [1.29, 1.82) is 0 Å². The molecule has 0 bridgehead atoms. The predicted octanol–water partition coefficient (Wildman–Crippen LogP) is 5.21. The van der Waals surface area contributed by atoms with Gasteiger partial charge in [-0.05, 0) is 65.9 Å². The summed E-state index contributed by atoms with van der Waals surface area (Å²) in [7, 11) is 0. The number of rotatable bonds is 7. The summed E-state index contributed by atoms with van der Waals surface area (Å²) in [5, 5.41) is 0. The van der Waals surface area contributed by atoms with Gasteiger partial charge < -0.3 is 4.74 Å². The number of allylic oxidation sites excluding steroid dienone is 5. The minimum absolute atomic E-state index is 0.262. The summed E-state index contributed by atoms with van der Waals surface area (Å²) >= 11 is 0. The molecule has 0 saturated heterocycles. The highest BCUT2D eigenvalue weighted by molar-refractivity contribution is 5.83. The van der Waals surface area contributed by atoms with E-state index in [-0.39, 0.29) is 5.97 Å². The minimum Gasteiger partial charge on any atom is -0.463 e. The van der Waals surface area contributed by atoms with Crippen LogP contribution in [0.2, 0.25) is 0 Å². The zero-order valence-electron chi connectivity index (χ0n) is 14.2. The predicted molar refractivity (Wildman–Crippen MR) is 86.6 cm³/mol. The Labute approximate surface area is 124 Å². The standard InChI is InChI=1S/C18H30O2/c1-8-20-18(19)12-14(4)11-17(7)16(6)10-9-15(5)13(2)3/h11-12,16H,8-10H2,1-7H3. The number of ether oxygens (including phenoxy) is 1. The van der Waals surface area contributed by atoms with E-state index < -0.39 is 0 Å². The normalized spacial score (nSPS) is 13.9. The molecular weight excluding hydrogens is 248 g/mol. The van der Waals surface area contributed by atoms with Crippen molar-refractivity contribution < 1.29 is 9.53 Å². The maximum absolute atomic E-state index is 11.4. The number of carbonyl (C=O) groups is 1. The molecule has 0 spiro atoms. The molecule has 0 heterocycles. The fourth-order valence-electron chi connectivity index (χ4n) is 1.82. The summed E-state index contributed by atoms with van der Waals surface area (Å²) < 4.78 is 4.91. The van der Waals surface area contributed by atoms with Gasteiger partial charge in [-0.3, -0.25) is 0 Å². The van der Waals surface area contributed by atoms with Gasteiger partial charge in [-0.2, -0.15) is 0 Å². The van der Waals surface area contributed by atoms with E-state index in [1.807, 2.05) is 13.8 Å². The molecule has 0 radical (unpaired) electrons. The highest BCUT2D eigenvalue weighted by Gasteiger charge is 2.06. The molecule has 2 heteroatoms. The Morgan fingerprint density at radius 3 is 2.20 bits per heavy atom. The van der Waals surface area contributed by atoms with Gasteiger partial charge in [0.15, 0.2) is 0 Å². The van der Waals surface area contributed by atoms with E-state index in [1.165, 1.54) is 16.7 Å². The number of hydrogen-bond acceptors (Lipinski definition) is 2. The van der Waals surface area contributed by atoms with E-state index in [2.05, 4.69) is 40.7 Å². The van der Waals surface area contributed by atoms with Crippen molar-refractivity contribution in [2.45, 2.75) is 61.3 Å². The molecule has 2 nitrogen and oxygen atoms in total. The van der Waals surface area contributed by atoms with Gasteiger partial charge in [0, 0.05) is 6.08 Å². The van der Waals surface area contributed by atoms with Crippen LogP contribution in [0.5, 0.6) is 0 Å². The zero-order chi connectivity index (χ0) is 15.7. The molecule has 0 aromatic carbocycles. The summed E-state index contributed by atoms with van der Waals surface area (Å²) in [5.41, 5.74) is 5.15. The number of carbonyl (C=O) groups excluding carboxylic acids is 1. The molecule has 0 aromatic rings. The lowest BCUT2D eigenvalue weighted by Crippen LogP contribution is -2.01. The molecule has 0 saturated carbocycles. The maximum atomic E-state index is 11.4. The molecule has 0 aliphatic rings. The Morgan fingerprint density at radius 1 is 1.10 bits per heavy atom. The van der Waals surface area contributed by atoms with E-state index in [9.17, 15) is 4.79 Å². The van der Waals surface area contributed by atoms with Gasteiger partial charge in [0.05, 0.1) is 6.61 Å². The van der Waals surface area contributed by atoms with Crippen molar-refractivity contribution in [2.24, 2.45) is 5.92 Å². The lowest BCUT2D eigenvalue weighted by atomic mass is 9.93. The van der Waals surface area contributed by atoms with E-state index >= 15 is 0 Å². The van der Waals surface area contributed by atoms with Gasteiger partial charge in [0.2, 0.25) is 0 Å². The van der Waals surface area contributed by atoms with Crippen molar-refractivity contribution in [3.63, 3.8) is 0 Å². The molecule has 0 rings (SSSR count). The molecule has 1 unspecified atom stereocenters. The largest absolute Gasteiger partial charge is 0.463 e. The summed E-state index contributed by atoms with van der Waals surface area (Å²) in [5.74, 6) is 0.261. The first kappa shape index (κ1) is 18.7. The van der Waals surface area contributed by atoms with Crippen LogP contribution in [0.4, 0.5) is 0 Å². The lowest BCUT2D eigenvalue weighted by molar-refractivity contribution is -0.137. The second kappa shape index (κ2) is 9.57. The van der Waals surface area contributed by atoms with E-state index in [0.717, 1.165) is 18.4 Å². The molecule has 0 aliphatic carbocycles. The molecule has 0 aromatic heterocycles. The Kier molecular flexibility index (Phi) is 8.94. The Morgan fingerprint density at radius 2 is 1.70 bits per heavy atom. The van der Waals surface area contributed by atoms with Crippen LogP contribution >= 0.6 is 0 Å². The third kappa shape index (κ3) is 7.98. The van der Waals surface area contributed by atoms with Crippen LogP contribution in [0, 0.1) is 5.92 Å². The van der Waals surface area contributed by atoms with Crippen LogP contribution in [0.3, 0.4) is 0 Å². The van der Waals surface area contributed by atoms with Crippen molar-refractivity contribution in [1.82, 2.24) is 0 Å². The van der Waals surface area contributed by atoms with Crippen molar-refractivity contribution in [3.05, 3.63) is 34.4 Å². The van der Waals surface area contributed by atoms with E-state index in [0.29, 0.717) is 12.5 Å². The highest BCUT2D eigenvalue weighted by Crippen LogP contribution is 2.21. The van der Waals surface area contributed by atoms with E-state index in [1.54, 1.807) is 6.08 Å². The fourth-order valence-corrected chi connectivity index (χ4v) is 1.82. The van der Waals surface area contributed by atoms with Crippen LogP contribution in [0.1, 0.15) is 61.3 Å². The quantitative estimate of drug-likeness (QED) is 0.276. The van der Waals surface area contributed by atoms with Gasteiger partial charge in [-0.25, -0.2) is 4.79 Å². The third-order valence-corrected chi connectivity index (χ3v) is 3.67. The Bertz CT molecular complexity index is 407. The Balaban J connectivity index is 4.56. The second-order valence-electron chi connectivity index (χ2n) is 5.75. The maximum Gasteiger partial charge on any atom is 0.330 e. The molecular formula is C18H30O2. The van der Waals surface area contributed by atoms with Crippen molar-refractivity contribution in [2.75, 3.05) is 6.61 Å². The molecule has 0 N–H and O–H groups in total. The molecule has 20 heavy (non-hydrogen) atoms. The monoisotopic (exact) mass is 278 g/mol. The smallest absolute Gasteiger partial charge is 0.330 e. The molecule has 0 amide bonds. The van der Waals surface area contributed by atoms with Crippen LogP contribution in [-0.4, -0.2) is 12.6 Å². The molecule has 1 atom stereocenters. The highest BCUT2D eigenvalue weighted by atomic mass is 16.5. The van der Waals surface area contributed by atoms with Gasteiger partial charge in [0.25, 0.3) is 0 Å². The van der Waals surface area contributed by atoms with Crippen LogP contribution in [0.25, 0.3) is 0 Å². The summed E-state index contributed by atoms with van der Waals surface area (Å²) in [6, 6.07) is 0. The average molecular weight is 278 g/mol. The van der Waals surface area contributed by atoms with Gasteiger partial charge in [0.1, 0.15) is 0 Å². The first-order chi connectivity index (χ1) is 9.27. The topological polar surface area (TPSA) is 26.3 Å². The third-order valence-electron chi connectivity index (χ3n) is 3.67. The molecule has 0 fully saturated rings. The minimum atomic E-state index is -0.262. The van der Waals surface area contributed by atoms with Gasteiger partial charge in [-0.15, -0.1) is 0 Å². The number of esters is 1. The van der Waals surface area contributed by atoms with Gasteiger partial charge >= 0.3 is 5.97 Å². The van der Waals surface area contributed by atoms with Gasteiger partial charge in [-0.1, -0.05) is 29.7 Å². The SMILES string of the molecule is CCOC(=O)C=C(C)C=C(C)C(C)CCC(C)=C(C)C. The van der Waals surface area contributed by atoms with Crippen molar-refractivity contribution in [3.8, 4) is 0 Å². The lowest BCUT2D eigenvalue weighted by Gasteiger charge is -2.13. The summed E-state index contributed by atoms with van der Waals surface area (Å²) in [4.78, 5) is 11.4. The first-order valence-corrected chi connectivity index (χ1v) is 7.44. The fraction of sp³-hybridized carbons (Fsp3) is 0.611.